The van der Waals surface area contributed by atoms with Gasteiger partial charge in [0.25, 0.3) is 15.6 Å². The molecule has 124 valence electrons. The van der Waals surface area contributed by atoms with Crippen LogP contribution in [0.5, 0.6) is 0 Å². The Morgan fingerprint density at radius 3 is 2.26 bits per heavy atom. The predicted molar refractivity (Wildman–Crippen MR) is 88.4 cm³/mol. The Balaban J connectivity index is 2.36. The Bertz CT molecular complexity index is 911. The molecule has 2 aromatic rings. The fraction of sp³-hybridized carbons (Fsp3) is 0.333. The number of benzene rings is 1. The molecule has 0 saturated carbocycles. The van der Waals surface area contributed by atoms with Crippen molar-refractivity contribution in [2.45, 2.75) is 38.0 Å². The first-order valence-electron chi connectivity index (χ1n) is 7.20. The molecule has 0 unspecified atom stereocenters. The molecule has 0 aliphatic rings. The first kappa shape index (κ1) is 17.0. The van der Waals surface area contributed by atoms with Gasteiger partial charge >= 0.3 is 5.69 Å². The maximum absolute atomic E-state index is 12.4. The van der Waals surface area contributed by atoms with Gasteiger partial charge in [0.1, 0.15) is 0 Å². The number of hydrogen-bond donors (Lipinski definition) is 3. The molecule has 1 aromatic carbocycles. The summed E-state index contributed by atoms with van der Waals surface area (Å²) in [4.78, 5) is 26.6. The minimum Gasteiger partial charge on any atom is -0.310 e. The zero-order chi connectivity index (χ0) is 17.2. The number of aromatic amines is 2. The van der Waals surface area contributed by atoms with Crippen LogP contribution < -0.4 is 16.0 Å². The summed E-state index contributed by atoms with van der Waals surface area (Å²) in [6, 6.07) is 6.98. The lowest BCUT2D eigenvalue weighted by atomic mass is 9.99. The molecule has 0 radical (unpaired) electrons. The maximum atomic E-state index is 12.4. The lowest BCUT2D eigenvalue weighted by Crippen LogP contribution is -2.31. The molecule has 0 aliphatic carbocycles. The van der Waals surface area contributed by atoms with Crippen molar-refractivity contribution in [2.75, 3.05) is 4.72 Å². The van der Waals surface area contributed by atoms with Gasteiger partial charge in [-0.3, -0.25) is 14.5 Å². The standard InChI is InChI=1S/C15H19N3O4S/c1-4-9(2)11-5-7-12(8-6-11)18-23(21,22)13-10(3)16-15(20)17-14(13)19/h5-9,18H,4H2,1-3H3,(H2,16,17,19,20)/t9-/m1/s1. The molecule has 23 heavy (non-hydrogen) atoms. The third-order valence-electron chi connectivity index (χ3n) is 3.69. The third kappa shape index (κ3) is 3.70. The lowest BCUT2D eigenvalue weighted by molar-refractivity contribution is 0.598. The van der Waals surface area contributed by atoms with Gasteiger partial charge in [0.05, 0.1) is 0 Å². The largest absolute Gasteiger partial charge is 0.325 e. The Hall–Kier alpha value is -2.35. The normalized spacial score (nSPS) is 12.8. The van der Waals surface area contributed by atoms with E-state index in [4.69, 9.17) is 0 Å². The molecule has 1 atom stereocenters. The molecule has 2 rings (SSSR count). The monoisotopic (exact) mass is 337 g/mol. The smallest absolute Gasteiger partial charge is 0.310 e. The fourth-order valence-corrected chi connectivity index (χ4v) is 3.53. The highest BCUT2D eigenvalue weighted by atomic mass is 32.2. The van der Waals surface area contributed by atoms with E-state index >= 15 is 0 Å². The third-order valence-corrected chi connectivity index (χ3v) is 5.22. The number of nitrogens with one attached hydrogen (secondary N) is 3. The number of aryl methyl sites for hydroxylation is 1. The quantitative estimate of drug-likeness (QED) is 0.770. The molecular weight excluding hydrogens is 318 g/mol. The number of anilines is 1. The minimum absolute atomic E-state index is 0.0116. The summed E-state index contributed by atoms with van der Waals surface area (Å²) < 4.78 is 27.1. The second kappa shape index (κ2) is 6.41. The van der Waals surface area contributed by atoms with Crippen LogP contribution in [-0.4, -0.2) is 18.4 Å². The number of rotatable bonds is 5. The average molecular weight is 337 g/mol. The summed E-state index contributed by atoms with van der Waals surface area (Å²) in [5.41, 5.74) is -0.252. The van der Waals surface area contributed by atoms with Gasteiger partial charge in [-0.15, -0.1) is 0 Å². The molecular formula is C15H19N3O4S. The summed E-state index contributed by atoms with van der Waals surface area (Å²) in [6.45, 7) is 5.52. The van der Waals surface area contributed by atoms with E-state index < -0.39 is 26.2 Å². The van der Waals surface area contributed by atoms with Crippen LogP contribution in [0.3, 0.4) is 0 Å². The predicted octanol–water partition coefficient (Wildman–Crippen LogP) is 1.69. The molecule has 0 spiro atoms. The van der Waals surface area contributed by atoms with E-state index in [0.29, 0.717) is 11.6 Å². The SMILES string of the molecule is CC[C@@H](C)c1ccc(NS(=O)(=O)c2c(C)[nH]c(=O)[nH]c2=O)cc1. The van der Waals surface area contributed by atoms with Gasteiger partial charge in [-0.1, -0.05) is 26.0 Å². The van der Waals surface area contributed by atoms with Crippen molar-refractivity contribution in [3.8, 4) is 0 Å². The van der Waals surface area contributed by atoms with Crippen LogP contribution in [0.2, 0.25) is 0 Å². The van der Waals surface area contributed by atoms with E-state index in [2.05, 4.69) is 23.6 Å². The van der Waals surface area contributed by atoms with Crippen LogP contribution in [0.4, 0.5) is 5.69 Å². The van der Waals surface area contributed by atoms with Gasteiger partial charge in [-0.2, -0.15) is 0 Å². The minimum atomic E-state index is -4.09. The van der Waals surface area contributed by atoms with Crippen molar-refractivity contribution in [2.24, 2.45) is 0 Å². The van der Waals surface area contributed by atoms with Gasteiger partial charge in [-0.05, 0) is 37.0 Å². The second-order valence-corrected chi connectivity index (χ2v) is 7.02. The van der Waals surface area contributed by atoms with Crippen LogP contribution in [0.15, 0.2) is 38.8 Å². The molecule has 0 aliphatic heterocycles. The maximum Gasteiger partial charge on any atom is 0.325 e. The second-order valence-electron chi connectivity index (χ2n) is 5.40. The first-order chi connectivity index (χ1) is 10.7. The van der Waals surface area contributed by atoms with E-state index in [-0.39, 0.29) is 5.69 Å². The summed E-state index contributed by atoms with van der Waals surface area (Å²) in [5, 5.41) is 0. The fourth-order valence-electron chi connectivity index (χ4n) is 2.23. The van der Waals surface area contributed by atoms with Crippen LogP contribution in [0.25, 0.3) is 0 Å². The summed E-state index contributed by atoms with van der Waals surface area (Å²) >= 11 is 0. The number of hydrogen-bond acceptors (Lipinski definition) is 4. The average Bonchev–Trinajstić information content (AvgIpc) is 2.45. The highest BCUT2D eigenvalue weighted by Crippen LogP contribution is 2.21. The van der Waals surface area contributed by atoms with Crippen LogP contribution in [-0.2, 0) is 10.0 Å². The summed E-state index contributed by atoms with van der Waals surface area (Å²) in [5.74, 6) is 0.380. The topological polar surface area (TPSA) is 112 Å². The Morgan fingerprint density at radius 2 is 1.74 bits per heavy atom. The number of H-pyrrole nitrogens is 2. The molecule has 1 aromatic heterocycles. The molecule has 1 heterocycles. The zero-order valence-corrected chi connectivity index (χ0v) is 14.0. The summed E-state index contributed by atoms with van der Waals surface area (Å²) in [7, 11) is -4.09. The van der Waals surface area contributed by atoms with Crippen LogP contribution in [0.1, 0.15) is 37.4 Å². The van der Waals surface area contributed by atoms with Gasteiger partial charge in [0.15, 0.2) is 4.90 Å². The van der Waals surface area contributed by atoms with Crippen molar-refractivity contribution >= 4 is 15.7 Å². The highest BCUT2D eigenvalue weighted by Gasteiger charge is 2.22. The number of aromatic nitrogens is 2. The molecule has 0 bridgehead atoms. The molecule has 0 saturated heterocycles. The number of sulfonamides is 1. The molecule has 7 nitrogen and oxygen atoms in total. The van der Waals surface area contributed by atoms with Crippen LogP contribution in [0, 0.1) is 6.92 Å². The van der Waals surface area contributed by atoms with E-state index in [1.54, 1.807) is 12.1 Å². The molecule has 8 heteroatoms. The van der Waals surface area contributed by atoms with E-state index in [1.807, 2.05) is 17.1 Å². The highest BCUT2D eigenvalue weighted by molar-refractivity contribution is 7.92. The van der Waals surface area contributed by atoms with Crippen molar-refractivity contribution in [1.29, 1.82) is 0 Å². The molecule has 0 fully saturated rings. The van der Waals surface area contributed by atoms with Gasteiger partial charge < -0.3 is 4.98 Å². The lowest BCUT2D eigenvalue weighted by Gasteiger charge is -2.12. The zero-order valence-electron chi connectivity index (χ0n) is 13.1. The van der Waals surface area contributed by atoms with E-state index in [1.165, 1.54) is 6.92 Å². The molecule has 3 N–H and O–H groups in total. The van der Waals surface area contributed by atoms with E-state index in [0.717, 1.165) is 12.0 Å². The van der Waals surface area contributed by atoms with Gasteiger partial charge in [-0.25, -0.2) is 13.2 Å². The van der Waals surface area contributed by atoms with Crippen LogP contribution >= 0.6 is 0 Å². The van der Waals surface area contributed by atoms with Crippen molar-refractivity contribution < 1.29 is 8.42 Å². The Morgan fingerprint density at radius 1 is 1.13 bits per heavy atom. The van der Waals surface area contributed by atoms with E-state index in [9.17, 15) is 18.0 Å². The Kier molecular flexibility index (Phi) is 4.74. The van der Waals surface area contributed by atoms with Crippen molar-refractivity contribution in [1.82, 2.24) is 9.97 Å². The molecule has 0 amide bonds. The summed E-state index contributed by atoms with van der Waals surface area (Å²) in [6.07, 6.45) is 0.983. The first-order valence-corrected chi connectivity index (χ1v) is 8.69. The van der Waals surface area contributed by atoms with Crippen molar-refractivity contribution in [3.63, 3.8) is 0 Å². The van der Waals surface area contributed by atoms with Gasteiger partial charge in [0.2, 0.25) is 0 Å². The van der Waals surface area contributed by atoms with Gasteiger partial charge in [0, 0.05) is 11.4 Å². The van der Waals surface area contributed by atoms with Crippen molar-refractivity contribution in [3.05, 3.63) is 56.4 Å². The Labute approximate surface area is 133 Å².